The molecule has 0 radical (unpaired) electrons. The number of morpholine rings is 1. The third-order valence-corrected chi connectivity index (χ3v) is 4.93. The number of halogens is 1. The van der Waals surface area contributed by atoms with Crippen molar-refractivity contribution in [3.8, 4) is 0 Å². The molecule has 2 unspecified atom stereocenters. The maximum Gasteiger partial charge on any atom is 0.233 e. The average Bonchev–Trinajstić information content (AvgIpc) is 2.73. The molecule has 0 aromatic rings. The van der Waals surface area contributed by atoms with Crippen LogP contribution in [0, 0.1) is 11.8 Å². The number of hydrogen-bond acceptors (Lipinski definition) is 4. The number of hydrogen-bond donors (Lipinski definition) is 0. The lowest BCUT2D eigenvalue weighted by molar-refractivity contribution is -0.140. The molecule has 2 fully saturated rings. The molecule has 0 saturated carbocycles. The van der Waals surface area contributed by atoms with Crippen molar-refractivity contribution in [2.24, 2.45) is 11.8 Å². The number of ether oxygens (including phenoxy) is 1. The summed E-state index contributed by atoms with van der Waals surface area (Å²) in [6.45, 7) is 4.86. The van der Waals surface area contributed by atoms with Gasteiger partial charge in [-0.1, -0.05) is 17.7 Å². The highest BCUT2D eigenvalue weighted by Crippen LogP contribution is 2.38. The van der Waals surface area contributed by atoms with E-state index in [4.69, 9.17) is 16.3 Å². The van der Waals surface area contributed by atoms with Gasteiger partial charge in [0.05, 0.1) is 25.0 Å². The molecule has 5 nitrogen and oxygen atoms in total. The van der Waals surface area contributed by atoms with Gasteiger partial charge in [0.1, 0.15) is 0 Å². The van der Waals surface area contributed by atoms with E-state index in [0.29, 0.717) is 24.4 Å². The number of rotatable bonds is 4. The van der Waals surface area contributed by atoms with Gasteiger partial charge < -0.3 is 4.74 Å². The molecule has 21 heavy (non-hydrogen) atoms. The summed E-state index contributed by atoms with van der Waals surface area (Å²) in [6.07, 6.45) is 3.84. The van der Waals surface area contributed by atoms with Crippen molar-refractivity contribution in [2.75, 3.05) is 39.4 Å². The predicted octanol–water partition coefficient (Wildman–Crippen LogP) is 1.23. The Morgan fingerprint density at radius 3 is 2.62 bits per heavy atom. The molecule has 2 heterocycles. The van der Waals surface area contributed by atoms with Gasteiger partial charge in [-0.05, 0) is 19.3 Å². The second kappa shape index (κ2) is 6.46. The number of carbonyl (C=O) groups is 2. The summed E-state index contributed by atoms with van der Waals surface area (Å²) in [5, 5.41) is 0.715. The molecule has 3 aliphatic rings. The largest absolute Gasteiger partial charge is 0.379 e. The zero-order valence-corrected chi connectivity index (χ0v) is 12.8. The Hall–Kier alpha value is -0.910. The van der Waals surface area contributed by atoms with Crippen LogP contribution in [0.25, 0.3) is 0 Å². The molecule has 0 N–H and O–H groups in total. The molecule has 0 bridgehead atoms. The summed E-state index contributed by atoms with van der Waals surface area (Å²) in [5.41, 5.74) is 0. The summed E-state index contributed by atoms with van der Waals surface area (Å²) in [5.74, 6) is -0.438. The van der Waals surface area contributed by atoms with Crippen LogP contribution in [0.4, 0.5) is 0 Å². The van der Waals surface area contributed by atoms with Crippen molar-refractivity contribution in [1.29, 1.82) is 0 Å². The van der Waals surface area contributed by atoms with Crippen LogP contribution >= 0.6 is 11.6 Å². The van der Waals surface area contributed by atoms with Crippen LogP contribution < -0.4 is 0 Å². The van der Waals surface area contributed by atoms with E-state index < -0.39 is 0 Å². The summed E-state index contributed by atoms with van der Waals surface area (Å²) >= 11 is 6.01. The van der Waals surface area contributed by atoms with E-state index >= 15 is 0 Å². The molecule has 0 spiro atoms. The smallest absolute Gasteiger partial charge is 0.233 e. The number of likely N-dealkylation sites (tertiary alicyclic amines) is 1. The minimum atomic E-state index is -0.224. The van der Waals surface area contributed by atoms with Gasteiger partial charge in [0, 0.05) is 31.2 Å². The Kier molecular flexibility index (Phi) is 4.62. The average molecular weight is 313 g/mol. The third kappa shape index (κ3) is 3.15. The summed E-state index contributed by atoms with van der Waals surface area (Å²) < 4.78 is 5.31. The highest BCUT2D eigenvalue weighted by Gasteiger charge is 2.47. The van der Waals surface area contributed by atoms with Crippen LogP contribution in [0.2, 0.25) is 0 Å². The van der Waals surface area contributed by atoms with Gasteiger partial charge in [-0.2, -0.15) is 0 Å². The van der Waals surface area contributed by atoms with E-state index in [1.807, 2.05) is 6.08 Å². The van der Waals surface area contributed by atoms with E-state index in [1.165, 1.54) is 4.90 Å². The van der Waals surface area contributed by atoms with E-state index in [1.54, 1.807) is 0 Å². The van der Waals surface area contributed by atoms with E-state index in [-0.39, 0.29) is 23.7 Å². The standard InChI is InChI=1S/C15H21ClN2O3/c16-11-2-3-12-13(10-11)15(20)18(14(12)19)5-1-4-17-6-8-21-9-7-17/h2,12-13H,1,3-10H2. The van der Waals surface area contributed by atoms with Crippen molar-refractivity contribution in [1.82, 2.24) is 9.80 Å². The highest BCUT2D eigenvalue weighted by molar-refractivity contribution is 6.30. The molecule has 6 heteroatoms. The predicted molar refractivity (Wildman–Crippen MR) is 78.7 cm³/mol. The Labute approximate surface area is 129 Å². The SMILES string of the molecule is O=C1C2CC=C(Cl)CC2C(=O)N1CCCN1CCOCC1. The molecule has 2 aliphatic heterocycles. The first kappa shape index (κ1) is 15.0. The molecule has 116 valence electrons. The number of allylic oxidation sites excluding steroid dienone is 2. The van der Waals surface area contributed by atoms with Crippen molar-refractivity contribution in [2.45, 2.75) is 19.3 Å². The first-order valence-corrected chi connectivity index (χ1v) is 8.04. The highest BCUT2D eigenvalue weighted by atomic mass is 35.5. The van der Waals surface area contributed by atoms with Crippen molar-refractivity contribution < 1.29 is 14.3 Å². The molecule has 0 aromatic heterocycles. The van der Waals surface area contributed by atoms with Gasteiger partial charge in [0.2, 0.25) is 11.8 Å². The van der Waals surface area contributed by atoms with Crippen LogP contribution in [0.1, 0.15) is 19.3 Å². The molecule has 2 atom stereocenters. The minimum absolute atomic E-state index is 0.00704. The Morgan fingerprint density at radius 2 is 1.86 bits per heavy atom. The van der Waals surface area contributed by atoms with Crippen LogP contribution in [0.5, 0.6) is 0 Å². The summed E-state index contributed by atoms with van der Waals surface area (Å²) in [6, 6.07) is 0. The van der Waals surface area contributed by atoms with Crippen LogP contribution in [0.15, 0.2) is 11.1 Å². The Morgan fingerprint density at radius 1 is 1.14 bits per heavy atom. The topological polar surface area (TPSA) is 49.9 Å². The molecule has 2 amide bonds. The number of imide groups is 1. The molecule has 3 rings (SSSR count). The first-order chi connectivity index (χ1) is 10.2. The first-order valence-electron chi connectivity index (χ1n) is 7.66. The van der Waals surface area contributed by atoms with Crippen LogP contribution in [-0.4, -0.2) is 61.0 Å². The van der Waals surface area contributed by atoms with Gasteiger partial charge in [-0.25, -0.2) is 0 Å². The molecular formula is C15H21ClN2O3. The number of nitrogens with zero attached hydrogens (tertiary/aromatic N) is 2. The van der Waals surface area contributed by atoms with Crippen LogP contribution in [0.3, 0.4) is 0 Å². The molecule has 2 saturated heterocycles. The molecule has 1 aliphatic carbocycles. The second-order valence-corrected chi connectivity index (χ2v) is 6.42. The van der Waals surface area contributed by atoms with Gasteiger partial charge in [0.25, 0.3) is 0 Å². The summed E-state index contributed by atoms with van der Waals surface area (Å²) in [4.78, 5) is 28.5. The fourth-order valence-corrected chi connectivity index (χ4v) is 3.65. The van der Waals surface area contributed by atoms with Gasteiger partial charge >= 0.3 is 0 Å². The van der Waals surface area contributed by atoms with Gasteiger partial charge in [-0.3, -0.25) is 19.4 Å². The third-order valence-electron chi connectivity index (χ3n) is 4.62. The summed E-state index contributed by atoms with van der Waals surface area (Å²) in [7, 11) is 0. The lowest BCUT2D eigenvalue weighted by Crippen LogP contribution is -2.39. The lowest BCUT2D eigenvalue weighted by atomic mass is 9.85. The zero-order valence-electron chi connectivity index (χ0n) is 12.1. The van der Waals surface area contributed by atoms with Gasteiger partial charge in [-0.15, -0.1) is 0 Å². The number of amides is 2. The number of carbonyl (C=O) groups excluding carboxylic acids is 2. The fourth-order valence-electron chi connectivity index (χ4n) is 3.39. The Balaban J connectivity index is 1.52. The molecule has 0 aromatic carbocycles. The lowest BCUT2D eigenvalue weighted by Gasteiger charge is -2.27. The van der Waals surface area contributed by atoms with Crippen molar-refractivity contribution in [3.05, 3.63) is 11.1 Å². The molecular weight excluding hydrogens is 292 g/mol. The van der Waals surface area contributed by atoms with Crippen molar-refractivity contribution in [3.63, 3.8) is 0 Å². The Bertz CT molecular complexity index is 460. The van der Waals surface area contributed by atoms with E-state index in [9.17, 15) is 9.59 Å². The minimum Gasteiger partial charge on any atom is -0.379 e. The van der Waals surface area contributed by atoms with Crippen LogP contribution in [-0.2, 0) is 14.3 Å². The van der Waals surface area contributed by atoms with E-state index in [2.05, 4.69) is 4.90 Å². The maximum atomic E-state index is 12.4. The quantitative estimate of drug-likeness (QED) is 0.733. The van der Waals surface area contributed by atoms with E-state index in [0.717, 1.165) is 39.3 Å². The second-order valence-electron chi connectivity index (χ2n) is 5.94. The monoisotopic (exact) mass is 312 g/mol. The fraction of sp³-hybridized carbons (Fsp3) is 0.733. The normalized spacial score (nSPS) is 30.5. The maximum absolute atomic E-state index is 12.4. The van der Waals surface area contributed by atoms with Crippen molar-refractivity contribution >= 4 is 23.4 Å². The zero-order chi connectivity index (χ0) is 14.8. The number of fused-ring (bicyclic) bond motifs is 1. The van der Waals surface area contributed by atoms with Gasteiger partial charge in [0.15, 0.2) is 0 Å².